The Hall–Kier alpha value is -2.43. The number of benzene rings is 1. The Morgan fingerprint density at radius 1 is 1.12 bits per heavy atom. The Kier molecular flexibility index (Phi) is 4.79. The highest BCUT2D eigenvalue weighted by molar-refractivity contribution is 5.94. The highest BCUT2D eigenvalue weighted by Crippen LogP contribution is 2.24. The van der Waals surface area contributed by atoms with Gasteiger partial charge in [0.1, 0.15) is 0 Å². The van der Waals surface area contributed by atoms with E-state index in [1.807, 2.05) is 30.3 Å². The number of hydrogen-bond acceptors (Lipinski definition) is 4. The minimum atomic E-state index is 0.0104. The minimum absolute atomic E-state index is 0.0104. The summed E-state index contributed by atoms with van der Waals surface area (Å²) in [6.45, 7) is 4.17. The molecule has 0 saturated carbocycles. The van der Waals surface area contributed by atoms with Gasteiger partial charge in [-0.3, -0.25) is 4.79 Å². The van der Waals surface area contributed by atoms with E-state index >= 15 is 0 Å². The van der Waals surface area contributed by atoms with Gasteiger partial charge in [-0.2, -0.15) is 0 Å². The van der Waals surface area contributed by atoms with Crippen LogP contribution in [-0.4, -0.2) is 48.0 Å². The van der Waals surface area contributed by atoms with Gasteiger partial charge in [0.2, 0.25) is 5.95 Å². The molecule has 1 aromatic carbocycles. The van der Waals surface area contributed by atoms with E-state index in [9.17, 15) is 4.79 Å². The molecule has 2 aromatic rings. The molecule has 0 aliphatic carbocycles. The van der Waals surface area contributed by atoms with E-state index in [1.165, 1.54) is 12.8 Å². The molecule has 24 heavy (non-hydrogen) atoms. The SMILES string of the molecule is CCc1cc(-c2ccc(C(=O)N(C)C)cc2)nc(N2CCCC2)n1. The number of carbonyl (C=O) groups is 1. The predicted octanol–water partition coefficient (Wildman–Crippen LogP) is 3.01. The largest absolute Gasteiger partial charge is 0.345 e. The number of nitrogens with zero attached hydrogens (tertiary/aromatic N) is 4. The molecule has 5 heteroatoms. The number of aromatic nitrogens is 2. The van der Waals surface area contributed by atoms with Crippen LogP contribution in [-0.2, 0) is 6.42 Å². The third-order valence-corrected chi connectivity index (χ3v) is 4.35. The number of amides is 1. The van der Waals surface area contributed by atoms with Gasteiger partial charge < -0.3 is 9.80 Å². The minimum Gasteiger partial charge on any atom is -0.345 e. The maximum Gasteiger partial charge on any atom is 0.253 e. The van der Waals surface area contributed by atoms with Crippen molar-refractivity contribution in [2.75, 3.05) is 32.1 Å². The topological polar surface area (TPSA) is 49.3 Å². The van der Waals surface area contributed by atoms with Gasteiger partial charge in [-0.05, 0) is 37.5 Å². The molecule has 1 aliphatic heterocycles. The normalized spacial score (nSPS) is 14.0. The van der Waals surface area contributed by atoms with Gasteiger partial charge in [-0.25, -0.2) is 9.97 Å². The lowest BCUT2D eigenvalue weighted by atomic mass is 10.1. The summed E-state index contributed by atoms with van der Waals surface area (Å²) in [4.78, 5) is 25.3. The van der Waals surface area contributed by atoms with Gasteiger partial charge >= 0.3 is 0 Å². The first-order valence-corrected chi connectivity index (χ1v) is 8.53. The van der Waals surface area contributed by atoms with Crippen LogP contribution >= 0.6 is 0 Å². The smallest absolute Gasteiger partial charge is 0.253 e. The highest BCUT2D eigenvalue weighted by Gasteiger charge is 2.17. The van der Waals surface area contributed by atoms with E-state index in [1.54, 1.807) is 19.0 Å². The van der Waals surface area contributed by atoms with Crippen LogP contribution in [0.1, 0.15) is 35.8 Å². The summed E-state index contributed by atoms with van der Waals surface area (Å²) < 4.78 is 0. The Bertz CT molecular complexity index is 719. The van der Waals surface area contributed by atoms with Crippen LogP contribution in [0.5, 0.6) is 0 Å². The Morgan fingerprint density at radius 3 is 2.38 bits per heavy atom. The zero-order chi connectivity index (χ0) is 17.1. The van der Waals surface area contributed by atoms with Crippen molar-refractivity contribution in [1.29, 1.82) is 0 Å². The van der Waals surface area contributed by atoms with E-state index in [0.29, 0.717) is 5.56 Å². The monoisotopic (exact) mass is 324 g/mol. The fraction of sp³-hybridized carbons (Fsp3) is 0.421. The third kappa shape index (κ3) is 3.40. The fourth-order valence-electron chi connectivity index (χ4n) is 2.91. The van der Waals surface area contributed by atoms with Crippen molar-refractivity contribution in [1.82, 2.24) is 14.9 Å². The predicted molar refractivity (Wildman–Crippen MR) is 96.3 cm³/mol. The first kappa shape index (κ1) is 16.4. The van der Waals surface area contributed by atoms with Crippen LogP contribution in [0.25, 0.3) is 11.3 Å². The van der Waals surface area contributed by atoms with Crippen LogP contribution in [0.4, 0.5) is 5.95 Å². The molecule has 0 N–H and O–H groups in total. The summed E-state index contributed by atoms with van der Waals surface area (Å²) in [7, 11) is 3.52. The molecular formula is C19H24N4O. The second-order valence-electron chi connectivity index (χ2n) is 6.37. The molecule has 0 unspecified atom stereocenters. The molecule has 5 nitrogen and oxygen atoms in total. The maximum absolute atomic E-state index is 12.0. The highest BCUT2D eigenvalue weighted by atomic mass is 16.2. The molecule has 1 fully saturated rings. The molecule has 1 amide bonds. The third-order valence-electron chi connectivity index (χ3n) is 4.35. The van der Waals surface area contributed by atoms with E-state index in [0.717, 1.165) is 42.4 Å². The van der Waals surface area contributed by atoms with E-state index in [2.05, 4.69) is 16.8 Å². The van der Waals surface area contributed by atoms with Crippen molar-refractivity contribution < 1.29 is 4.79 Å². The molecular weight excluding hydrogens is 300 g/mol. The summed E-state index contributed by atoms with van der Waals surface area (Å²) in [5, 5.41) is 0. The summed E-state index contributed by atoms with van der Waals surface area (Å²) in [6.07, 6.45) is 3.29. The standard InChI is InChI=1S/C19H24N4O/c1-4-16-13-17(21-19(20-16)23-11-5-6-12-23)14-7-9-15(10-8-14)18(24)22(2)3/h7-10,13H,4-6,11-12H2,1-3H3. The molecule has 2 heterocycles. The van der Waals surface area contributed by atoms with Crippen LogP contribution < -0.4 is 4.90 Å². The second kappa shape index (κ2) is 6.99. The molecule has 1 saturated heterocycles. The number of carbonyl (C=O) groups excluding carboxylic acids is 1. The molecule has 3 rings (SSSR count). The summed E-state index contributed by atoms with van der Waals surface area (Å²) in [6, 6.07) is 9.70. The first-order valence-electron chi connectivity index (χ1n) is 8.53. The van der Waals surface area contributed by atoms with Crippen LogP contribution in [0.15, 0.2) is 30.3 Å². The van der Waals surface area contributed by atoms with Gasteiger partial charge in [-0.1, -0.05) is 19.1 Å². The zero-order valence-electron chi connectivity index (χ0n) is 14.6. The Labute approximate surface area is 143 Å². The van der Waals surface area contributed by atoms with Crippen molar-refractivity contribution in [3.63, 3.8) is 0 Å². The number of hydrogen-bond donors (Lipinski definition) is 0. The molecule has 1 aliphatic rings. The zero-order valence-corrected chi connectivity index (χ0v) is 14.6. The van der Waals surface area contributed by atoms with E-state index in [4.69, 9.17) is 4.98 Å². The summed E-state index contributed by atoms with van der Waals surface area (Å²) in [5.74, 6) is 0.839. The lowest BCUT2D eigenvalue weighted by Crippen LogP contribution is -2.21. The molecule has 1 aromatic heterocycles. The maximum atomic E-state index is 12.0. The van der Waals surface area contributed by atoms with Crippen molar-refractivity contribution in [2.24, 2.45) is 0 Å². The van der Waals surface area contributed by atoms with E-state index in [-0.39, 0.29) is 5.91 Å². The average Bonchev–Trinajstić information content (AvgIpc) is 3.15. The summed E-state index contributed by atoms with van der Waals surface area (Å²) in [5.41, 5.74) is 3.68. The second-order valence-corrected chi connectivity index (χ2v) is 6.37. The summed E-state index contributed by atoms with van der Waals surface area (Å²) >= 11 is 0. The quantitative estimate of drug-likeness (QED) is 0.867. The van der Waals surface area contributed by atoms with Crippen molar-refractivity contribution in [3.05, 3.63) is 41.6 Å². The van der Waals surface area contributed by atoms with Gasteiger partial charge in [0.25, 0.3) is 5.91 Å². The number of anilines is 1. The van der Waals surface area contributed by atoms with Gasteiger partial charge in [0, 0.05) is 44.0 Å². The van der Waals surface area contributed by atoms with Crippen molar-refractivity contribution >= 4 is 11.9 Å². The van der Waals surface area contributed by atoms with Gasteiger partial charge in [0.05, 0.1) is 5.69 Å². The molecule has 0 radical (unpaired) electrons. The molecule has 0 atom stereocenters. The van der Waals surface area contributed by atoms with Crippen molar-refractivity contribution in [2.45, 2.75) is 26.2 Å². The molecule has 0 bridgehead atoms. The first-order chi connectivity index (χ1) is 11.6. The van der Waals surface area contributed by atoms with Gasteiger partial charge in [0.15, 0.2) is 0 Å². The fourth-order valence-corrected chi connectivity index (χ4v) is 2.91. The number of aryl methyl sites for hydroxylation is 1. The number of rotatable bonds is 4. The van der Waals surface area contributed by atoms with Crippen molar-refractivity contribution in [3.8, 4) is 11.3 Å². The Balaban J connectivity index is 1.93. The van der Waals surface area contributed by atoms with E-state index < -0.39 is 0 Å². The van der Waals surface area contributed by atoms with Crippen LogP contribution in [0.3, 0.4) is 0 Å². The molecule has 0 spiro atoms. The lowest BCUT2D eigenvalue weighted by molar-refractivity contribution is 0.0827. The lowest BCUT2D eigenvalue weighted by Gasteiger charge is -2.17. The van der Waals surface area contributed by atoms with Crippen LogP contribution in [0, 0.1) is 0 Å². The van der Waals surface area contributed by atoms with Crippen LogP contribution in [0.2, 0.25) is 0 Å². The molecule has 126 valence electrons. The Morgan fingerprint density at radius 2 is 1.79 bits per heavy atom. The average molecular weight is 324 g/mol. The van der Waals surface area contributed by atoms with Gasteiger partial charge in [-0.15, -0.1) is 0 Å².